The molecule has 0 saturated carbocycles. The van der Waals surface area contributed by atoms with Crippen molar-refractivity contribution in [2.45, 2.75) is 0 Å². The van der Waals surface area contributed by atoms with E-state index >= 15 is 0 Å². The molecule has 26 heteroatoms. The fourth-order valence-corrected chi connectivity index (χ4v) is 0. The first-order valence-corrected chi connectivity index (χ1v) is 3.29. The van der Waals surface area contributed by atoms with Crippen molar-refractivity contribution in [3.8, 4) is 0 Å². The van der Waals surface area contributed by atoms with Crippen LogP contribution in [0.2, 0.25) is 0 Å². The second kappa shape index (κ2) is 43.0. The number of nitrogens with zero attached hydrogens (tertiary/aromatic N) is 6. The van der Waals surface area contributed by atoms with Crippen LogP contribution in [0, 0.1) is 91.9 Å². The molecule has 0 heterocycles. The fraction of sp³-hybridized carbons (Fsp3) is 0. The van der Waals surface area contributed by atoms with Crippen molar-refractivity contribution in [1.29, 1.82) is 0 Å². The minimum Gasteiger partial charge on any atom is -0.356 e. The van der Waals surface area contributed by atoms with Crippen molar-refractivity contribution in [3.63, 3.8) is 0 Å². The monoisotopic (exact) mass is 475 g/mol. The smallest absolute Gasteiger partial charge is 0.356 e. The maximum absolute atomic E-state index is 8.25. The molecular formula is MnN6O18Ti. The van der Waals surface area contributed by atoms with Crippen molar-refractivity contribution in [2.75, 3.05) is 0 Å². The van der Waals surface area contributed by atoms with E-state index in [-0.39, 0.29) is 38.8 Å². The summed E-state index contributed by atoms with van der Waals surface area (Å²) in [5.74, 6) is 0. The maximum Gasteiger partial charge on any atom is 4.00 e. The maximum atomic E-state index is 8.25. The van der Waals surface area contributed by atoms with E-state index in [1.807, 2.05) is 0 Å². The predicted octanol–water partition coefficient (Wildman–Crippen LogP) is -1.44. The molecule has 0 aromatic heterocycles. The van der Waals surface area contributed by atoms with Gasteiger partial charge in [0.05, 0.1) is 30.5 Å². The molecule has 0 aliphatic carbocycles. The Balaban J connectivity index is -0.0000000245. The third-order valence-electron chi connectivity index (χ3n) is 0. The minimum atomic E-state index is -1.75. The Kier molecular flexibility index (Phi) is 81.7. The number of hydrogen-bond donors (Lipinski definition) is 0. The first-order chi connectivity index (χ1) is 10.4. The van der Waals surface area contributed by atoms with Crippen LogP contribution < -0.4 is 0 Å². The van der Waals surface area contributed by atoms with E-state index in [2.05, 4.69) is 0 Å². The summed E-state index contributed by atoms with van der Waals surface area (Å²) in [5.41, 5.74) is 0. The second-order valence-corrected chi connectivity index (χ2v) is 1.34. The second-order valence-electron chi connectivity index (χ2n) is 1.34. The van der Waals surface area contributed by atoms with Gasteiger partial charge in [0.25, 0.3) is 0 Å². The van der Waals surface area contributed by atoms with E-state index in [1.165, 1.54) is 0 Å². The van der Waals surface area contributed by atoms with Crippen molar-refractivity contribution in [2.24, 2.45) is 0 Å². The summed E-state index contributed by atoms with van der Waals surface area (Å²) in [7, 11) is 0. The molecule has 0 atom stereocenters. The largest absolute Gasteiger partial charge is 4.00 e. The van der Waals surface area contributed by atoms with Gasteiger partial charge in [-0.1, -0.05) is 0 Å². The van der Waals surface area contributed by atoms with Gasteiger partial charge in [0.1, 0.15) is 0 Å². The molecule has 0 bridgehead atoms. The molecule has 149 valence electrons. The molecule has 26 heavy (non-hydrogen) atoms. The molecule has 0 aliphatic heterocycles. The molecule has 0 aromatic carbocycles. The van der Waals surface area contributed by atoms with Crippen molar-refractivity contribution in [3.05, 3.63) is 91.9 Å². The number of rotatable bonds is 0. The molecule has 0 unspecified atom stereocenters. The summed E-state index contributed by atoms with van der Waals surface area (Å²) in [6, 6.07) is 0. The number of hydrogen-bond acceptors (Lipinski definition) is 18. The van der Waals surface area contributed by atoms with Crippen LogP contribution in [0.1, 0.15) is 0 Å². The van der Waals surface area contributed by atoms with Crippen LogP contribution in [-0.2, 0) is 38.8 Å². The zero-order valence-electron chi connectivity index (χ0n) is 10.9. The summed E-state index contributed by atoms with van der Waals surface area (Å²) in [4.78, 5) is 49.5. The minimum absolute atomic E-state index is 0. The van der Waals surface area contributed by atoms with Crippen LogP contribution >= 0.6 is 0 Å². The molecular weight excluding hydrogens is 475 g/mol. The molecule has 0 spiro atoms. The zero-order valence-corrected chi connectivity index (χ0v) is 13.7. The molecule has 0 aromatic rings. The SMILES string of the molecule is O=[N+]([O-])[O-].O=[N+]([O-])[O-].O=[N+]([O-])[O-].O=[N+]([O-])[O-].O=[N+]([O-])[O-].O=[N+]([O-])[O-].[Mn+2].[Ti+4]. The van der Waals surface area contributed by atoms with E-state index in [9.17, 15) is 0 Å². The Morgan fingerprint density at radius 1 is 0.308 bits per heavy atom. The van der Waals surface area contributed by atoms with E-state index in [0.717, 1.165) is 0 Å². The summed E-state index contributed by atoms with van der Waals surface area (Å²) >= 11 is 0. The van der Waals surface area contributed by atoms with Crippen LogP contribution in [-0.4, -0.2) is 30.5 Å². The molecule has 0 saturated heterocycles. The van der Waals surface area contributed by atoms with Crippen molar-refractivity contribution >= 4 is 0 Å². The van der Waals surface area contributed by atoms with Crippen LogP contribution in [0.3, 0.4) is 0 Å². The van der Waals surface area contributed by atoms with E-state index in [4.69, 9.17) is 91.9 Å². The Morgan fingerprint density at radius 2 is 0.308 bits per heavy atom. The summed E-state index contributed by atoms with van der Waals surface area (Å²) in [6.45, 7) is 0. The first kappa shape index (κ1) is 49.5. The molecule has 1 radical (unpaired) electrons. The Bertz CT molecular complexity index is 263. The predicted molar refractivity (Wildman–Crippen MR) is 62.2 cm³/mol. The van der Waals surface area contributed by atoms with E-state index < -0.39 is 30.5 Å². The molecule has 0 amide bonds. The normalized spacial score (nSPS) is 5.54. The van der Waals surface area contributed by atoms with Gasteiger partial charge in [-0.05, 0) is 0 Å². The van der Waals surface area contributed by atoms with Crippen LogP contribution in [0.4, 0.5) is 0 Å². The van der Waals surface area contributed by atoms with E-state index in [0.29, 0.717) is 0 Å². The Morgan fingerprint density at radius 3 is 0.308 bits per heavy atom. The molecule has 24 nitrogen and oxygen atoms in total. The summed E-state index contributed by atoms with van der Waals surface area (Å²) in [6.07, 6.45) is 0. The summed E-state index contributed by atoms with van der Waals surface area (Å²) in [5, 5.41) is 88.5. The third-order valence-corrected chi connectivity index (χ3v) is 0. The van der Waals surface area contributed by atoms with Gasteiger partial charge < -0.3 is 91.9 Å². The summed E-state index contributed by atoms with van der Waals surface area (Å²) < 4.78 is 0. The van der Waals surface area contributed by atoms with Crippen molar-refractivity contribution in [1.82, 2.24) is 0 Å². The molecule has 0 rings (SSSR count). The van der Waals surface area contributed by atoms with Crippen LogP contribution in [0.5, 0.6) is 0 Å². The van der Waals surface area contributed by atoms with Gasteiger partial charge in [0.15, 0.2) is 0 Å². The zero-order chi connectivity index (χ0) is 21.5. The first-order valence-electron chi connectivity index (χ1n) is 3.29. The average Bonchev–Trinajstić information content (AvgIpc) is 2.08. The van der Waals surface area contributed by atoms with Gasteiger partial charge in [-0.15, -0.1) is 0 Å². The quantitative estimate of drug-likeness (QED) is 0.220. The van der Waals surface area contributed by atoms with Gasteiger partial charge in [-0.3, -0.25) is 0 Å². The van der Waals surface area contributed by atoms with Crippen LogP contribution in [0.25, 0.3) is 0 Å². The molecule has 0 fully saturated rings. The molecule has 0 N–H and O–H groups in total. The Labute approximate surface area is 161 Å². The van der Waals surface area contributed by atoms with Gasteiger partial charge >= 0.3 is 38.8 Å². The van der Waals surface area contributed by atoms with Crippen LogP contribution in [0.15, 0.2) is 0 Å². The standard InChI is InChI=1S/Mn.6NO3.Ti/c;6*2-1(3)4;/q+2;6*-1;+4. The Hall–Kier alpha value is -3.57. The fourth-order valence-electron chi connectivity index (χ4n) is 0. The topological polar surface area (TPSA) is 397 Å². The van der Waals surface area contributed by atoms with E-state index in [1.54, 1.807) is 0 Å². The van der Waals surface area contributed by atoms with Gasteiger partial charge in [0.2, 0.25) is 0 Å². The van der Waals surface area contributed by atoms with Gasteiger partial charge in [0, 0.05) is 0 Å². The van der Waals surface area contributed by atoms with Gasteiger partial charge in [-0.25, -0.2) is 0 Å². The average molecular weight is 475 g/mol. The third kappa shape index (κ3) is 607. The van der Waals surface area contributed by atoms with Crippen molar-refractivity contribution < 1.29 is 69.3 Å². The molecule has 0 aliphatic rings. The van der Waals surface area contributed by atoms with Gasteiger partial charge in [-0.2, -0.15) is 0 Å².